The molecule has 0 saturated heterocycles. The van der Waals surface area contributed by atoms with E-state index in [1.165, 1.54) is 11.3 Å². The molecule has 1 aliphatic rings. The molecule has 154 valence electrons. The van der Waals surface area contributed by atoms with Crippen molar-refractivity contribution in [2.24, 2.45) is 7.05 Å². The third kappa shape index (κ3) is 2.99. The molecule has 2 aromatic heterocycles. The summed E-state index contributed by atoms with van der Waals surface area (Å²) in [6.07, 6.45) is 1.72. The number of hydrogen-bond donors (Lipinski definition) is 0. The van der Waals surface area contributed by atoms with Crippen molar-refractivity contribution in [3.63, 3.8) is 0 Å². The molecule has 1 aliphatic carbocycles. The quantitative estimate of drug-likeness (QED) is 0.252. The third-order valence-corrected chi connectivity index (χ3v) is 8.43. The van der Waals surface area contributed by atoms with E-state index in [4.69, 9.17) is 4.98 Å². The van der Waals surface area contributed by atoms with E-state index in [9.17, 15) is 9.59 Å². The van der Waals surface area contributed by atoms with Crippen molar-refractivity contribution >= 4 is 68.4 Å². The highest BCUT2D eigenvalue weighted by atomic mass is 32.1. The van der Waals surface area contributed by atoms with Gasteiger partial charge in [0.25, 0.3) is 0 Å². The largest absolute Gasteiger partial charge is 0.326 e. The summed E-state index contributed by atoms with van der Waals surface area (Å²) in [6.45, 7) is 3.96. The number of Topliss-reactive ketones (excluding diaryl/α,β-unsaturated/α-hetero) is 2. The van der Waals surface area contributed by atoms with Crippen LogP contribution in [-0.4, -0.2) is 21.1 Å². The number of carbonyl (C=O) groups excluding carboxylic acids is 2. The fourth-order valence-electron chi connectivity index (χ4n) is 4.08. The first-order valence-corrected chi connectivity index (χ1v) is 11.8. The van der Waals surface area contributed by atoms with E-state index in [0.717, 1.165) is 48.3 Å². The number of rotatable bonds is 2. The highest BCUT2D eigenvalue weighted by Crippen LogP contribution is 2.34. The molecule has 4 aromatic rings. The molecule has 0 fully saturated rings. The first-order chi connectivity index (χ1) is 14.8. The Labute approximate surface area is 188 Å². The van der Waals surface area contributed by atoms with E-state index in [1.807, 2.05) is 61.9 Å². The van der Waals surface area contributed by atoms with Gasteiger partial charge in [0.1, 0.15) is 10.7 Å². The molecule has 0 saturated carbocycles. The summed E-state index contributed by atoms with van der Waals surface area (Å²) in [5, 5.41) is 1.62. The molecule has 0 N–H and O–H groups in total. The number of aromatic nitrogens is 2. The van der Waals surface area contributed by atoms with Crippen LogP contribution in [0, 0.1) is 13.8 Å². The van der Waals surface area contributed by atoms with Crippen LogP contribution in [0.3, 0.4) is 0 Å². The number of benzene rings is 2. The Morgan fingerprint density at radius 1 is 0.968 bits per heavy atom. The van der Waals surface area contributed by atoms with E-state index in [0.29, 0.717) is 11.1 Å². The van der Waals surface area contributed by atoms with Crippen molar-refractivity contribution < 1.29 is 9.59 Å². The topological polar surface area (TPSA) is 52.0 Å². The molecule has 4 nitrogen and oxygen atoms in total. The molecule has 0 aliphatic heterocycles. The molecular weight excluding hydrogens is 442 g/mol. The van der Waals surface area contributed by atoms with Gasteiger partial charge in [0, 0.05) is 28.6 Å². The molecule has 31 heavy (non-hydrogen) atoms. The Morgan fingerprint density at radius 3 is 2.10 bits per heavy atom. The summed E-state index contributed by atoms with van der Waals surface area (Å²) in [7, 11) is 7.27. The van der Waals surface area contributed by atoms with Crippen LogP contribution in [0.25, 0.3) is 27.8 Å². The van der Waals surface area contributed by atoms with Crippen LogP contribution in [0.15, 0.2) is 42.0 Å². The maximum absolute atomic E-state index is 13.2. The molecule has 2 aromatic carbocycles. The summed E-state index contributed by atoms with van der Waals surface area (Å²) in [4.78, 5) is 32.9. The number of nitrogens with zero attached hydrogens (tertiary/aromatic N) is 2. The van der Waals surface area contributed by atoms with Crippen molar-refractivity contribution in [2.45, 2.75) is 13.8 Å². The molecular formula is C24H20N2O2P2S. The van der Waals surface area contributed by atoms with E-state index >= 15 is 0 Å². The van der Waals surface area contributed by atoms with Crippen molar-refractivity contribution in [3.05, 3.63) is 69.1 Å². The van der Waals surface area contributed by atoms with E-state index in [1.54, 1.807) is 6.08 Å². The Morgan fingerprint density at radius 2 is 1.55 bits per heavy atom. The van der Waals surface area contributed by atoms with Gasteiger partial charge in [-0.25, -0.2) is 4.98 Å². The maximum atomic E-state index is 13.2. The van der Waals surface area contributed by atoms with E-state index in [-0.39, 0.29) is 17.1 Å². The Hall–Kier alpha value is -2.45. The number of aryl methyl sites for hydroxylation is 1. The second-order valence-corrected chi connectivity index (χ2v) is 9.96. The lowest BCUT2D eigenvalue weighted by atomic mass is 10.0. The molecule has 0 bridgehead atoms. The van der Waals surface area contributed by atoms with Gasteiger partial charge in [-0.15, -0.1) is 29.8 Å². The molecule has 0 spiro atoms. The Kier molecular flexibility index (Phi) is 4.82. The standard InChI is InChI=1S/C24H20N2O2P2S/c1-11-12(2)22(30)18-17(21(11)29)19(27)15(20(18)28)9-14-10-16-24(31-14)25-23(26(16)3)13-7-5-4-6-8-13/h4-10H,29-30H2,1-3H3. The Bertz CT molecular complexity index is 1410. The van der Waals surface area contributed by atoms with Crippen LogP contribution >= 0.6 is 29.8 Å². The summed E-state index contributed by atoms with van der Waals surface area (Å²) in [5.74, 6) is 0.493. The number of hydrogen-bond acceptors (Lipinski definition) is 4. The number of allylic oxidation sites excluding steroid dienone is 1. The highest BCUT2D eigenvalue weighted by molar-refractivity contribution is 7.29. The van der Waals surface area contributed by atoms with Gasteiger partial charge in [0.05, 0.1) is 11.1 Å². The lowest BCUT2D eigenvalue weighted by Crippen LogP contribution is -2.20. The van der Waals surface area contributed by atoms with E-state index in [2.05, 4.69) is 18.5 Å². The smallest absolute Gasteiger partial charge is 0.198 e. The molecule has 2 atom stereocenters. The molecule has 5 rings (SSSR count). The monoisotopic (exact) mass is 462 g/mol. The summed E-state index contributed by atoms with van der Waals surface area (Å²) in [5.41, 5.74) is 5.33. The van der Waals surface area contributed by atoms with Crippen LogP contribution in [0.5, 0.6) is 0 Å². The molecule has 2 unspecified atom stereocenters. The van der Waals surface area contributed by atoms with Crippen LogP contribution in [0.2, 0.25) is 0 Å². The zero-order valence-electron chi connectivity index (χ0n) is 17.3. The third-order valence-electron chi connectivity index (χ3n) is 6.02. The fraction of sp³-hybridized carbons (Fsp3) is 0.125. The van der Waals surface area contributed by atoms with Gasteiger partial charge >= 0.3 is 0 Å². The van der Waals surface area contributed by atoms with Crippen molar-refractivity contribution in [2.75, 3.05) is 0 Å². The highest BCUT2D eigenvalue weighted by Gasteiger charge is 2.37. The van der Waals surface area contributed by atoms with Crippen LogP contribution in [0.1, 0.15) is 36.7 Å². The molecule has 0 amide bonds. The van der Waals surface area contributed by atoms with Crippen LogP contribution in [0.4, 0.5) is 0 Å². The summed E-state index contributed by atoms with van der Waals surface area (Å²) in [6, 6.07) is 12.0. The van der Waals surface area contributed by atoms with Crippen molar-refractivity contribution in [3.8, 4) is 11.4 Å². The number of ketones is 2. The fourth-order valence-corrected chi connectivity index (χ4v) is 6.06. The number of imidazole rings is 1. The summed E-state index contributed by atoms with van der Waals surface area (Å²) < 4.78 is 2.05. The first-order valence-electron chi connectivity index (χ1n) is 9.80. The van der Waals surface area contributed by atoms with Gasteiger partial charge in [-0.05, 0) is 47.7 Å². The minimum absolute atomic E-state index is 0.202. The van der Waals surface area contributed by atoms with Gasteiger partial charge in [-0.3, -0.25) is 9.59 Å². The zero-order chi connectivity index (χ0) is 22.0. The average Bonchev–Trinajstić information content (AvgIpc) is 3.38. The number of thiophene rings is 1. The molecule has 7 heteroatoms. The first kappa shape index (κ1) is 20.5. The van der Waals surface area contributed by atoms with Gasteiger partial charge in [-0.2, -0.15) is 0 Å². The number of carbonyl (C=O) groups is 2. The second-order valence-electron chi connectivity index (χ2n) is 7.74. The SMILES string of the molecule is Cc1c(C)c(P)c2c(c1P)C(=O)C(=Cc1cc3c(nc(-c4ccccc4)n3C)s1)C2=O. The predicted octanol–water partition coefficient (Wildman–Crippen LogP) is 4.38. The molecule has 2 heterocycles. The van der Waals surface area contributed by atoms with Crippen LogP contribution < -0.4 is 10.6 Å². The minimum atomic E-state index is -0.202. The van der Waals surface area contributed by atoms with Gasteiger partial charge in [-0.1, -0.05) is 30.3 Å². The average molecular weight is 462 g/mol. The van der Waals surface area contributed by atoms with Gasteiger partial charge in [0.15, 0.2) is 11.6 Å². The lowest BCUT2D eigenvalue weighted by molar-refractivity contribution is 0.0991. The lowest BCUT2D eigenvalue weighted by Gasteiger charge is -2.12. The van der Waals surface area contributed by atoms with E-state index < -0.39 is 0 Å². The van der Waals surface area contributed by atoms with Crippen LogP contribution in [-0.2, 0) is 7.05 Å². The summed E-state index contributed by atoms with van der Waals surface area (Å²) >= 11 is 1.49. The van der Waals surface area contributed by atoms with Crippen molar-refractivity contribution in [1.82, 2.24) is 9.55 Å². The Balaban J connectivity index is 1.60. The normalized spacial score (nSPS) is 13.4. The zero-order valence-corrected chi connectivity index (χ0v) is 20.4. The minimum Gasteiger partial charge on any atom is -0.326 e. The van der Waals surface area contributed by atoms with Gasteiger partial charge < -0.3 is 4.57 Å². The maximum Gasteiger partial charge on any atom is 0.198 e. The van der Waals surface area contributed by atoms with Gasteiger partial charge in [0.2, 0.25) is 0 Å². The second kappa shape index (κ2) is 7.31. The number of fused-ring (bicyclic) bond motifs is 2. The van der Waals surface area contributed by atoms with Crippen molar-refractivity contribution in [1.29, 1.82) is 0 Å². The predicted molar refractivity (Wildman–Crippen MR) is 135 cm³/mol. The molecule has 0 radical (unpaired) electrons.